The first-order valence-electron chi connectivity index (χ1n) is 6.15. The van der Waals surface area contributed by atoms with Gasteiger partial charge in [0.2, 0.25) is 0 Å². The zero-order chi connectivity index (χ0) is 15.5. The Morgan fingerprint density at radius 2 is 1.95 bits per heavy atom. The number of hydrogen-bond acceptors (Lipinski definition) is 2. The van der Waals surface area contributed by atoms with Crippen molar-refractivity contribution in [2.45, 2.75) is 32.9 Å². The molecule has 1 aromatic rings. The second kappa shape index (κ2) is 6.15. The smallest absolute Gasteiger partial charge is 0.405 e. The highest BCUT2D eigenvalue weighted by Crippen LogP contribution is 2.29. The fourth-order valence-electron chi connectivity index (χ4n) is 1.61. The highest BCUT2D eigenvalue weighted by molar-refractivity contribution is 5.71. The van der Waals surface area contributed by atoms with Crippen LogP contribution in [0.4, 0.5) is 13.2 Å². The fraction of sp³-hybridized carbons (Fsp3) is 0.500. The monoisotopic (exact) mass is 290 g/mol. The maximum atomic E-state index is 12.5. The van der Waals surface area contributed by atoms with Crippen LogP contribution in [-0.4, -0.2) is 23.9 Å². The molecule has 0 aliphatic carbocycles. The number of halogens is 3. The van der Waals surface area contributed by atoms with Gasteiger partial charge in [-0.3, -0.25) is 4.79 Å². The van der Waals surface area contributed by atoms with E-state index in [0.717, 1.165) is 5.56 Å². The van der Waals surface area contributed by atoms with Crippen LogP contribution in [0.25, 0.3) is 0 Å². The van der Waals surface area contributed by atoms with Crippen LogP contribution in [0.3, 0.4) is 0 Å². The van der Waals surface area contributed by atoms with Crippen LogP contribution in [0.15, 0.2) is 18.2 Å². The summed E-state index contributed by atoms with van der Waals surface area (Å²) in [4.78, 5) is 10.6. The molecule has 0 spiro atoms. The van der Waals surface area contributed by atoms with Crippen molar-refractivity contribution in [2.24, 2.45) is 5.92 Å². The quantitative estimate of drug-likeness (QED) is 0.898. The first-order valence-corrected chi connectivity index (χ1v) is 6.15. The van der Waals surface area contributed by atoms with Crippen molar-refractivity contribution in [2.75, 3.05) is 6.61 Å². The summed E-state index contributed by atoms with van der Waals surface area (Å²) in [6.07, 6.45) is -4.82. The molecule has 112 valence electrons. The largest absolute Gasteiger partial charge is 0.492 e. The van der Waals surface area contributed by atoms with Crippen LogP contribution in [-0.2, 0) is 4.79 Å². The summed E-state index contributed by atoms with van der Waals surface area (Å²) < 4.78 is 42.6. The number of ether oxygens (including phenoxy) is 1. The molecule has 1 atom stereocenters. The van der Waals surface area contributed by atoms with Crippen LogP contribution >= 0.6 is 0 Å². The number of carboxylic acids is 1. The van der Waals surface area contributed by atoms with E-state index < -0.39 is 24.7 Å². The third kappa shape index (κ3) is 4.15. The van der Waals surface area contributed by atoms with Gasteiger partial charge in [0.1, 0.15) is 12.4 Å². The lowest BCUT2D eigenvalue weighted by Gasteiger charge is -2.18. The number of benzene rings is 1. The Kier molecular flexibility index (Phi) is 5.03. The van der Waals surface area contributed by atoms with E-state index in [1.807, 2.05) is 19.9 Å². The molecule has 0 amide bonds. The van der Waals surface area contributed by atoms with Crippen LogP contribution in [0.1, 0.15) is 30.9 Å². The van der Waals surface area contributed by atoms with E-state index in [1.54, 1.807) is 19.1 Å². The summed E-state index contributed by atoms with van der Waals surface area (Å²) in [6.45, 7) is 4.67. The first-order chi connectivity index (χ1) is 9.12. The number of carbonyl (C=O) groups is 1. The number of alkyl halides is 3. The number of aliphatic carboxylic acids is 1. The van der Waals surface area contributed by atoms with Gasteiger partial charge in [-0.1, -0.05) is 26.0 Å². The Bertz CT molecular complexity index is 481. The molecule has 1 N–H and O–H groups in total. The summed E-state index contributed by atoms with van der Waals surface area (Å²) in [6, 6.07) is 5.26. The third-order valence-corrected chi connectivity index (χ3v) is 2.98. The third-order valence-electron chi connectivity index (χ3n) is 2.98. The molecule has 0 heterocycles. The maximum absolute atomic E-state index is 12.5. The van der Waals surface area contributed by atoms with Gasteiger partial charge in [0.25, 0.3) is 0 Å². The Labute approximate surface area is 115 Å². The highest BCUT2D eigenvalue weighted by atomic mass is 19.4. The molecule has 1 unspecified atom stereocenters. The number of carboxylic acid groups (broad SMARTS) is 1. The molecule has 0 radical (unpaired) electrons. The lowest BCUT2D eigenvalue weighted by atomic mass is 10.0. The van der Waals surface area contributed by atoms with Gasteiger partial charge in [-0.15, -0.1) is 0 Å². The second-order valence-corrected chi connectivity index (χ2v) is 4.92. The molecule has 1 aromatic carbocycles. The zero-order valence-corrected chi connectivity index (χ0v) is 11.5. The Morgan fingerprint density at radius 1 is 1.35 bits per heavy atom. The molecule has 0 aromatic heterocycles. The van der Waals surface area contributed by atoms with Crippen LogP contribution in [0.2, 0.25) is 0 Å². The highest BCUT2D eigenvalue weighted by Gasteiger charge is 2.45. The van der Waals surface area contributed by atoms with Crippen molar-refractivity contribution in [1.82, 2.24) is 0 Å². The average molecular weight is 290 g/mol. The summed E-state index contributed by atoms with van der Waals surface area (Å²) in [5, 5.41) is 8.60. The molecule has 6 heteroatoms. The maximum Gasteiger partial charge on any atom is 0.405 e. The molecular weight excluding hydrogens is 273 g/mol. The van der Waals surface area contributed by atoms with Crippen molar-refractivity contribution in [3.63, 3.8) is 0 Å². The minimum absolute atomic E-state index is 0.204. The standard InChI is InChI=1S/C14H17F3O3/c1-8(2)10-5-4-9(3)12(6-10)20-7-11(13(18)19)14(15,16)17/h4-6,8,11H,7H2,1-3H3,(H,18,19). The van der Waals surface area contributed by atoms with Crippen molar-refractivity contribution >= 4 is 5.97 Å². The number of hydrogen-bond donors (Lipinski definition) is 1. The SMILES string of the molecule is Cc1ccc(C(C)C)cc1OCC(C(=O)O)C(F)(F)F. The van der Waals surface area contributed by atoms with Crippen LogP contribution in [0.5, 0.6) is 5.75 Å². The topological polar surface area (TPSA) is 46.5 Å². The molecule has 0 bridgehead atoms. The van der Waals surface area contributed by atoms with E-state index >= 15 is 0 Å². The molecule has 0 saturated heterocycles. The Balaban J connectivity index is 2.88. The summed E-state index contributed by atoms with van der Waals surface area (Å²) in [5.74, 6) is -3.97. The lowest BCUT2D eigenvalue weighted by Crippen LogP contribution is -2.35. The zero-order valence-electron chi connectivity index (χ0n) is 11.5. The minimum atomic E-state index is -4.82. The number of aryl methyl sites for hydroxylation is 1. The average Bonchev–Trinajstić information content (AvgIpc) is 2.28. The Hall–Kier alpha value is -1.72. The van der Waals surface area contributed by atoms with Gasteiger partial charge in [-0.25, -0.2) is 0 Å². The molecule has 20 heavy (non-hydrogen) atoms. The summed E-state index contributed by atoms with van der Waals surface area (Å²) >= 11 is 0. The number of rotatable bonds is 5. The molecule has 0 fully saturated rings. The van der Waals surface area contributed by atoms with Gasteiger partial charge in [0.15, 0.2) is 5.92 Å². The Morgan fingerprint density at radius 3 is 2.40 bits per heavy atom. The van der Waals surface area contributed by atoms with Gasteiger partial charge in [-0.2, -0.15) is 13.2 Å². The van der Waals surface area contributed by atoms with E-state index in [1.165, 1.54) is 0 Å². The van der Waals surface area contributed by atoms with E-state index in [-0.39, 0.29) is 11.7 Å². The van der Waals surface area contributed by atoms with Gasteiger partial charge >= 0.3 is 12.1 Å². The van der Waals surface area contributed by atoms with E-state index in [9.17, 15) is 18.0 Å². The first kappa shape index (κ1) is 16.3. The predicted molar refractivity (Wildman–Crippen MR) is 67.9 cm³/mol. The molecule has 3 nitrogen and oxygen atoms in total. The van der Waals surface area contributed by atoms with E-state index in [4.69, 9.17) is 9.84 Å². The molecule has 0 aliphatic rings. The van der Waals surface area contributed by atoms with Crippen molar-refractivity contribution in [3.8, 4) is 5.75 Å². The second-order valence-electron chi connectivity index (χ2n) is 4.92. The van der Waals surface area contributed by atoms with E-state index in [0.29, 0.717) is 5.56 Å². The molecular formula is C14H17F3O3. The van der Waals surface area contributed by atoms with Crippen molar-refractivity contribution in [3.05, 3.63) is 29.3 Å². The van der Waals surface area contributed by atoms with Crippen molar-refractivity contribution < 1.29 is 27.8 Å². The predicted octanol–water partition coefficient (Wildman–Crippen LogP) is 3.76. The lowest BCUT2D eigenvalue weighted by molar-refractivity contribution is -0.198. The normalized spacial score (nSPS) is 13.3. The summed E-state index contributed by atoms with van der Waals surface area (Å²) in [7, 11) is 0. The van der Waals surface area contributed by atoms with Crippen LogP contribution < -0.4 is 4.74 Å². The van der Waals surface area contributed by atoms with E-state index in [2.05, 4.69) is 0 Å². The molecule has 0 saturated carbocycles. The van der Waals surface area contributed by atoms with Gasteiger partial charge in [-0.05, 0) is 30.0 Å². The molecule has 0 aliphatic heterocycles. The van der Waals surface area contributed by atoms with Crippen LogP contribution in [0, 0.1) is 12.8 Å². The van der Waals surface area contributed by atoms with Gasteiger partial charge in [0, 0.05) is 0 Å². The van der Waals surface area contributed by atoms with Gasteiger partial charge < -0.3 is 9.84 Å². The van der Waals surface area contributed by atoms with Crippen molar-refractivity contribution in [1.29, 1.82) is 0 Å². The minimum Gasteiger partial charge on any atom is -0.492 e. The van der Waals surface area contributed by atoms with Gasteiger partial charge in [0.05, 0.1) is 0 Å². The summed E-state index contributed by atoms with van der Waals surface area (Å²) in [5.41, 5.74) is 1.59. The fourth-order valence-corrected chi connectivity index (χ4v) is 1.61. The molecule has 1 rings (SSSR count).